The predicted molar refractivity (Wildman–Crippen MR) is 72.4 cm³/mol. The first kappa shape index (κ1) is 16.5. The lowest BCUT2D eigenvalue weighted by Gasteiger charge is -2.20. The van der Waals surface area contributed by atoms with Gasteiger partial charge in [0.05, 0.1) is 10.6 Å². The molecule has 1 saturated heterocycles. The maximum Gasteiger partial charge on any atom is 0.417 e. The molecule has 1 fully saturated rings. The number of benzene rings is 1. The van der Waals surface area contributed by atoms with Crippen molar-refractivity contribution in [3.8, 4) is 0 Å². The molecule has 0 spiro atoms. The lowest BCUT2D eigenvalue weighted by molar-refractivity contribution is -0.139. The van der Waals surface area contributed by atoms with E-state index in [1.54, 1.807) is 0 Å². The van der Waals surface area contributed by atoms with Gasteiger partial charge in [0.1, 0.15) is 4.90 Å². The fraction of sp³-hybridized carbons (Fsp3) is 0.500. The van der Waals surface area contributed by atoms with Crippen LogP contribution in [0.5, 0.6) is 0 Å². The van der Waals surface area contributed by atoms with Crippen LogP contribution in [0.2, 0.25) is 5.02 Å². The Morgan fingerprint density at radius 2 is 2.05 bits per heavy atom. The van der Waals surface area contributed by atoms with E-state index < -0.39 is 31.7 Å². The van der Waals surface area contributed by atoms with E-state index in [9.17, 15) is 21.6 Å². The van der Waals surface area contributed by atoms with Crippen molar-refractivity contribution >= 4 is 21.6 Å². The zero-order chi connectivity index (χ0) is 15.8. The summed E-state index contributed by atoms with van der Waals surface area (Å²) in [6.45, 7) is 0.550. The van der Waals surface area contributed by atoms with Gasteiger partial charge < -0.3 is 5.73 Å². The highest BCUT2D eigenvalue weighted by molar-refractivity contribution is 7.89. The quantitative estimate of drug-likeness (QED) is 0.917. The summed E-state index contributed by atoms with van der Waals surface area (Å²) < 4.78 is 65.1. The zero-order valence-electron chi connectivity index (χ0n) is 10.9. The molecule has 0 radical (unpaired) electrons. The molecule has 4 nitrogen and oxygen atoms in total. The Morgan fingerprint density at radius 1 is 1.38 bits per heavy atom. The van der Waals surface area contributed by atoms with E-state index in [1.165, 1.54) is 0 Å². The standard InChI is InChI=1S/C12H14ClF3N2O2S/c13-10-3-1-2-9(12(14,15)16)11(10)21(19,20)18-5-4-8(6-17)7-18/h1-3,8H,4-7,17H2. The number of hydrogen-bond donors (Lipinski definition) is 1. The molecule has 0 aliphatic carbocycles. The van der Waals surface area contributed by atoms with Gasteiger partial charge in [-0.2, -0.15) is 17.5 Å². The molecule has 0 bridgehead atoms. The van der Waals surface area contributed by atoms with Crippen LogP contribution in [0.3, 0.4) is 0 Å². The van der Waals surface area contributed by atoms with Gasteiger partial charge in [0, 0.05) is 13.1 Å². The molecule has 1 aliphatic rings. The van der Waals surface area contributed by atoms with Gasteiger partial charge in [-0.15, -0.1) is 0 Å². The summed E-state index contributed by atoms with van der Waals surface area (Å²) >= 11 is 5.74. The molecule has 1 heterocycles. The van der Waals surface area contributed by atoms with E-state index >= 15 is 0 Å². The Hall–Kier alpha value is -0.830. The summed E-state index contributed by atoms with van der Waals surface area (Å²) in [5, 5.41) is -0.430. The third-order valence-electron chi connectivity index (χ3n) is 3.45. The average Bonchev–Trinajstić information content (AvgIpc) is 2.86. The first-order valence-electron chi connectivity index (χ1n) is 6.24. The number of nitrogens with zero attached hydrogens (tertiary/aromatic N) is 1. The van der Waals surface area contributed by atoms with E-state index in [4.69, 9.17) is 17.3 Å². The molecule has 21 heavy (non-hydrogen) atoms. The van der Waals surface area contributed by atoms with E-state index in [-0.39, 0.29) is 19.0 Å². The zero-order valence-corrected chi connectivity index (χ0v) is 12.5. The number of nitrogens with two attached hydrogens (primary N) is 1. The largest absolute Gasteiger partial charge is 0.417 e. The van der Waals surface area contributed by atoms with Crippen molar-refractivity contribution in [3.63, 3.8) is 0 Å². The fourth-order valence-electron chi connectivity index (χ4n) is 2.33. The Bertz CT molecular complexity index is 634. The molecular formula is C12H14ClF3N2O2S. The van der Waals surface area contributed by atoms with Crippen molar-refractivity contribution in [3.05, 3.63) is 28.8 Å². The Labute approximate surface area is 125 Å². The molecule has 9 heteroatoms. The molecule has 1 aromatic rings. The molecule has 118 valence electrons. The van der Waals surface area contributed by atoms with Crippen molar-refractivity contribution in [2.24, 2.45) is 11.7 Å². The second-order valence-corrected chi connectivity index (χ2v) is 7.15. The summed E-state index contributed by atoms with van der Waals surface area (Å²) in [6, 6.07) is 2.94. The van der Waals surface area contributed by atoms with Gasteiger partial charge in [-0.05, 0) is 31.0 Å². The molecular weight excluding hydrogens is 329 g/mol. The molecule has 2 rings (SSSR count). The summed E-state index contributed by atoms with van der Waals surface area (Å²) in [5.41, 5.74) is 4.24. The maximum absolute atomic E-state index is 13.0. The van der Waals surface area contributed by atoms with Crippen molar-refractivity contribution in [2.75, 3.05) is 19.6 Å². The Kier molecular flexibility index (Phi) is 4.53. The first-order chi connectivity index (χ1) is 9.67. The van der Waals surface area contributed by atoms with Gasteiger partial charge in [-0.3, -0.25) is 0 Å². The van der Waals surface area contributed by atoms with Crippen LogP contribution in [0.15, 0.2) is 23.1 Å². The summed E-state index contributed by atoms with van der Waals surface area (Å²) in [5.74, 6) is -0.0448. The molecule has 1 atom stereocenters. The highest BCUT2D eigenvalue weighted by Gasteiger charge is 2.42. The highest BCUT2D eigenvalue weighted by atomic mass is 35.5. The molecule has 0 amide bonds. The van der Waals surface area contributed by atoms with Crippen LogP contribution in [0.1, 0.15) is 12.0 Å². The molecule has 0 saturated carbocycles. The number of halogens is 4. The van der Waals surface area contributed by atoms with E-state index in [2.05, 4.69) is 0 Å². The van der Waals surface area contributed by atoms with Crippen molar-refractivity contribution < 1.29 is 21.6 Å². The number of hydrogen-bond acceptors (Lipinski definition) is 3. The van der Waals surface area contributed by atoms with Gasteiger partial charge >= 0.3 is 6.18 Å². The third-order valence-corrected chi connectivity index (χ3v) is 5.85. The average molecular weight is 343 g/mol. The van der Waals surface area contributed by atoms with Crippen LogP contribution in [0.4, 0.5) is 13.2 Å². The van der Waals surface area contributed by atoms with Crippen molar-refractivity contribution in [2.45, 2.75) is 17.5 Å². The number of rotatable bonds is 3. The third kappa shape index (κ3) is 3.18. The summed E-state index contributed by atoms with van der Waals surface area (Å²) in [4.78, 5) is -0.878. The highest BCUT2D eigenvalue weighted by Crippen LogP contribution is 2.39. The van der Waals surface area contributed by atoms with E-state index in [0.29, 0.717) is 13.0 Å². The van der Waals surface area contributed by atoms with E-state index in [0.717, 1.165) is 22.5 Å². The number of sulfonamides is 1. The lowest BCUT2D eigenvalue weighted by Crippen LogP contribution is -2.31. The Balaban J connectivity index is 2.51. The smallest absolute Gasteiger partial charge is 0.330 e. The van der Waals surface area contributed by atoms with Crippen LogP contribution in [0.25, 0.3) is 0 Å². The SMILES string of the molecule is NCC1CCN(S(=O)(=O)c2c(Cl)cccc2C(F)(F)F)C1. The van der Waals surface area contributed by atoms with Gasteiger partial charge in [0.25, 0.3) is 0 Å². The van der Waals surface area contributed by atoms with Crippen LogP contribution in [0, 0.1) is 5.92 Å². The van der Waals surface area contributed by atoms with Gasteiger partial charge in [0.2, 0.25) is 10.0 Å². The monoisotopic (exact) mass is 342 g/mol. The maximum atomic E-state index is 13.0. The van der Waals surface area contributed by atoms with Gasteiger partial charge in [-0.1, -0.05) is 17.7 Å². The van der Waals surface area contributed by atoms with Crippen LogP contribution < -0.4 is 5.73 Å². The Morgan fingerprint density at radius 3 is 2.57 bits per heavy atom. The second kappa shape index (κ2) is 5.75. The molecule has 1 aliphatic heterocycles. The van der Waals surface area contributed by atoms with Crippen molar-refractivity contribution in [1.82, 2.24) is 4.31 Å². The van der Waals surface area contributed by atoms with Gasteiger partial charge in [0.15, 0.2) is 0 Å². The molecule has 1 unspecified atom stereocenters. The molecule has 0 aromatic heterocycles. The van der Waals surface area contributed by atoms with Crippen molar-refractivity contribution in [1.29, 1.82) is 0 Å². The van der Waals surface area contributed by atoms with E-state index in [1.807, 2.05) is 0 Å². The minimum Gasteiger partial charge on any atom is -0.330 e. The number of alkyl halides is 3. The predicted octanol–water partition coefficient (Wildman–Crippen LogP) is 2.33. The minimum atomic E-state index is -4.79. The summed E-state index contributed by atoms with van der Waals surface area (Å²) in [6.07, 6.45) is -4.26. The van der Waals surface area contributed by atoms with Crippen LogP contribution >= 0.6 is 11.6 Å². The topological polar surface area (TPSA) is 63.4 Å². The summed E-state index contributed by atoms with van der Waals surface area (Å²) in [7, 11) is -4.30. The molecule has 2 N–H and O–H groups in total. The van der Waals surface area contributed by atoms with Crippen LogP contribution in [-0.2, 0) is 16.2 Å². The fourth-order valence-corrected chi connectivity index (χ4v) is 4.59. The normalized spacial score (nSPS) is 20.9. The first-order valence-corrected chi connectivity index (χ1v) is 8.05. The lowest BCUT2D eigenvalue weighted by atomic mass is 10.1. The minimum absolute atomic E-state index is 0.0448. The van der Waals surface area contributed by atoms with Gasteiger partial charge in [-0.25, -0.2) is 8.42 Å². The van der Waals surface area contributed by atoms with Crippen LogP contribution in [-0.4, -0.2) is 32.4 Å². The molecule has 1 aromatic carbocycles. The second-order valence-electron chi connectivity index (χ2n) is 4.87.